The predicted molar refractivity (Wildman–Crippen MR) is 81.2 cm³/mol. The van der Waals surface area contributed by atoms with E-state index in [0.29, 0.717) is 23.0 Å². The van der Waals surface area contributed by atoms with Crippen LogP contribution in [0.15, 0.2) is 36.7 Å². The molecular weight excluding hydrogens is 268 g/mol. The summed E-state index contributed by atoms with van der Waals surface area (Å²) in [5.74, 6) is 2.36. The van der Waals surface area contributed by atoms with Crippen LogP contribution >= 0.6 is 0 Å². The minimum absolute atomic E-state index is 0.0721. The van der Waals surface area contributed by atoms with Gasteiger partial charge in [0.1, 0.15) is 5.75 Å². The molecule has 0 saturated heterocycles. The smallest absolute Gasteiger partial charge is 0.211 e. The summed E-state index contributed by atoms with van der Waals surface area (Å²) in [6, 6.07) is 7.47. The van der Waals surface area contributed by atoms with E-state index in [1.54, 1.807) is 26.6 Å². The third kappa shape index (κ3) is 3.86. The average Bonchev–Trinajstić information content (AvgIpc) is 2.47. The average molecular weight is 288 g/mol. The minimum Gasteiger partial charge on any atom is -0.493 e. The molecule has 21 heavy (non-hydrogen) atoms. The van der Waals surface area contributed by atoms with E-state index in [2.05, 4.69) is 4.98 Å². The van der Waals surface area contributed by atoms with E-state index in [9.17, 15) is 0 Å². The van der Waals surface area contributed by atoms with Gasteiger partial charge in [0.25, 0.3) is 0 Å². The summed E-state index contributed by atoms with van der Waals surface area (Å²) in [4.78, 5) is 4.18. The van der Waals surface area contributed by atoms with Crippen LogP contribution < -0.4 is 19.9 Å². The van der Waals surface area contributed by atoms with E-state index in [4.69, 9.17) is 19.9 Å². The summed E-state index contributed by atoms with van der Waals surface area (Å²) in [6.45, 7) is 1.96. The second-order valence-electron chi connectivity index (χ2n) is 4.80. The highest BCUT2D eigenvalue weighted by Gasteiger charge is 2.13. The number of methoxy groups -OCH3 is 2. The molecule has 0 spiro atoms. The minimum atomic E-state index is 0.0721. The Hall–Kier alpha value is -2.27. The lowest BCUT2D eigenvalue weighted by Gasteiger charge is -2.14. The van der Waals surface area contributed by atoms with Crippen LogP contribution in [-0.4, -0.2) is 25.2 Å². The van der Waals surface area contributed by atoms with Crippen molar-refractivity contribution in [3.8, 4) is 23.0 Å². The molecule has 0 fully saturated rings. The Kier molecular flexibility index (Phi) is 5.00. The second-order valence-corrected chi connectivity index (χ2v) is 4.80. The lowest BCUT2D eigenvalue weighted by molar-refractivity contribution is 0.346. The van der Waals surface area contributed by atoms with Gasteiger partial charge in [-0.2, -0.15) is 0 Å². The van der Waals surface area contributed by atoms with E-state index >= 15 is 0 Å². The first-order valence-corrected chi connectivity index (χ1v) is 6.72. The molecule has 0 bridgehead atoms. The predicted octanol–water partition coefficient (Wildman–Crippen LogP) is 2.78. The fraction of sp³-hybridized carbons (Fsp3) is 0.312. The molecule has 2 aromatic rings. The zero-order valence-electron chi connectivity index (χ0n) is 12.5. The molecule has 5 heteroatoms. The van der Waals surface area contributed by atoms with E-state index in [-0.39, 0.29) is 6.04 Å². The van der Waals surface area contributed by atoms with Crippen LogP contribution in [0.5, 0.6) is 23.0 Å². The molecule has 1 atom stereocenters. The van der Waals surface area contributed by atoms with Crippen LogP contribution in [-0.2, 0) is 6.42 Å². The third-order valence-electron chi connectivity index (χ3n) is 2.93. The summed E-state index contributed by atoms with van der Waals surface area (Å²) < 4.78 is 16.5. The van der Waals surface area contributed by atoms with E-state index in [0.717, 1.165) is 12.0 Å². The highest BCUT2D eigenvalue weighted by Crippen LogP contribution is 2.39. The number of nitrogens with two attached hydrogens (primary N) is 1. The molecule has 0 radical (unpaired) electrons. The number of rotatable bonds is 6. The van der Waals surface area contributed by atoms with Crippen LogP contribution in [0.1, 0.15) is 12.5 Å². The molecule has 0 saturated carbocycles. The summed E-state index contributed by atoms with van der Waals surface area (Å²) in [7, 11) is 3.18. The maximum Gasteiger partial charge on any atom is 0.211 e. The largest absolute Gasteiger partial charge is 0.493 e. The Morgan fingerprint density at radius 2 is 1.81 bits per heavy atom. The van der Waals surface area contributed by atoms with Gasteiger partial charge in [-0.15, -0.1) is 0 Å². The normalized spacial score (nSPS) is 11.8. The molecule has 1 aromatic heterocycles. The van der Waals surface area contributed by atoms with Gasteiger partial charge in [-0.25, -0.2) is 0 Å². The Labute approximate surface area is 124 Å². The molecule has 0 aliphatic rings. The van der Waals surface area contributed by atoms with Crippen LogP contribution in [0.3, 0.4) is 0 Å². The van der Waals surface area contributed by atoms with Gasteiger partial charge in [-0.1, -0.05) is 6.07 Å². The van der Waals surface area contributed by atoms with Crippen molar-refractivity contribution in [2.45, 2.75) is 19.4 Å². The van der Waals surface area contributed by atoms with Crippen LogP contribution in [0.2, 0.25) is 0 Å². The van der Waals surface area contributed by atoms with Gasteiger partial charge >= 0.3 is 0 Å². The van der Waals surface area contributed by atoms with Crippen molar-refractivity contribution in [2.75, 3.05) is 14.2 Å². The summed E-state index contributed by atoms with van der Waals surface area (Å²) >= 11 is 0. The van der Waals surface area contributed by atoms with Crippen molar-refractivity contribution in [2.24, 2.45) is 5.73 Å². The molecule has 2 N–H and O–H groups in total. The molecule has 5 nitrogen and oxygen atoms in total. The number of aromatic nitrogens is 1. The van der Waals surface area contributed by atoms with Gasteiger partial charge in [-0.3, -0.25) is 4.98 Å². The highest BCUT2D eigenvalue weighted by molar-refractivity contribution is 5.53. The van der Waals surface area contributed by atoms with Gasteiger partial charge in [0, 0.05) is 12.2 Å². The highest BCUT2D eigenvalue weighted by atomic mass is 16.5. The van der Waals surface area contributed by atoms with Crippen molar-refractivity contribution in [3.63, 3.8) is 0 Å². The fourth-order valence-corrected chi connectivity index (χ4v) is 2.04. The Bertz CT molecular complexity index is 578. The topological polar surface area (TPSA) is 66.6 Å². The molecule has 1 aromatic carbocycles. The van der Waals surface area contributed by atoms with Gasteiger partial charge < -0.3 is 19.9 Å². The monoisotopic (exact) mass is 288 g/mol. The second kappa shape index (κ2) is 6.95. The summed E-state index contributed by atoms with van der Waals surface area (Å²) in [5.41, 5.74) is 6.83. The van der Waals surface area contributed by atoms with Gasteiger partial charge in [0.2, 0.25) is 5.75 Å². The quantitative estimate of drug-likeness (QED) is 0.885. The maximum absolute atomic E-state index is 5.89. The van der Waals surface area contributed by atoms with Crippen LogP contribution in [0, 0.1) is 0 Å². The van der Waals surface area contributed by atoms with Crippen LogP contribution in [0.25, 0.3) is 0 Å². The number of ether oxygens (including phenoxy) is 3. The Morgan fingerprint density at radius 3 is 2.38 bits per heavy atom. The lowest BCUT2D eigenvalue weighted by Crippen LogP contribution is -2.17. The molecule has 2 rings (SSSR count). The third-order valence-corrected chi connectivity index (χ3v) is 2.93. The number of hydrogen-bond acceptors (Lipinski definition) is 5. The zero-order chi connectivity index (χ0) is 15.2. The molecule has 0 aliphatic heterocycles. The fourth-order valence-electron chi connectivity index (χ4n) is 2.04. The number of benzene rings is 1. The van der Waals surface area contributed by atoms with Crippen molar-refractivity contribution in [1.29, 1.82) is 0 Å². The standard InChI is InChI=1S/C16H20N2O3/c1-11(17)7-12-8-13(10-18-9-12)21-16-14(19-2)5-4-6-15(16)20-3/h4-6,8-11H,7,17H2,1-3H3. The van der Waals surface area contributed by atoms with Crippen molar-refractivity contribution in [1.82, 2.24) is 4.98 Å². The summed E-state index contributed by atoms with van der Waals surface area (Å²) in [6.07, 6.45) is 4.18. The van der Waals surface area contributed by atoms with Crippen molar-refractivity contribution in [3.05, 3.63) is 42.2 Å². The molecule has 112 valence electrons. The van der Waals surface area contributed by atoms with E-state index < -0.39 is 0 Å². The first kappa shape index (κ1) is 15.1. The number of para-hydroxylation sites is 1. The maximum atomic E-state index is 5.89. The molecule has 0 aliphatic carbocycles. The zero-order valence-corrected chi connectivity index (χ0v) is 12.5. The Morgan fingerprint density at radius 1 is 1.14 bits per heavy atom. The number of hydrogen-bond donors (Lipinski definition) is 1. The lowest BCUT2D eigenvalue weighted by atomic mass is 10.1. The molecule has 0 amide bonds. The number of nitrogens with zero attached hydrogens (tertiary/aromatic N) is 1. The van der Waals surface area contributed by atoms with E-state index in [1.807, 2.05) is 31.2 Å². The summed E-state index contributed by atoms with van der Waals surface area (Å²) in [5, 5.41) is 0. The first-order valence-electron chi connectivity index (χ1n) is 6.72. The SMILES string of the molecule is COc1cccc(OC)c1Oc1cncc(CC(C)N)c1. The van der Waals surface area contributed by atoms with Gasteiger partial charge in [-0.05, 0) is 37.1 Å². The van der Waals surface area contributed by atoms with Crippen LogP contribution in [0.4, 0.5) is 0 Å². The Balaban J connectivity index is 2.29. The molecule has 1 unspecified atom stereocenters. The first-order chi connectivity index (χ1) is 10.1. The van der Waals surface area contributed by atoms with E-state index in [1.165, 1.54) is 0 Å². The molecular formula is C16H20N2O3. The number of pyridine rings is 1. The van der Waals surface area contributed by atoms with Gasteiger partial charge in [0.05, 0.1) is 20.4 Å². The van der Waals surface area contributed by atoms with Crippen molar-refractivity contribution >= 4 is 0 Å². The molecule has 1 heterocycles. The van der Waals surface area contributed by atoms with Crippen molar-refractivity contribution < 1.29 is 14.2 Å². The van der Waals surface area contributed by atoms with Gasteiger partial charge in [0.15, 0.2) is 11.5 Å².